The Labute approximate surface area is 170 Å². The molecule has 7 heteroatoms. The van der Waals surface area contributed by atoms with Gasteiger partial charge in [0, 0.05) is 38.4 Å². The Bertz CT molecular complexity index is 816. The zero-order valence-electron chi connectivity index (χ0n) is 16.6. The van der Waals surface area contributed by atoms with Crippen molar-refractivity contribution in [1.82, 2.24) is 9.80 Å². The van der Waals surface area contributed by atoms with Crippen molar-refractivity contribution in [3.63, 3.8) is 0 Å². The molecule has 0 spiro atoms. The van der Waals surface area contributed by atoms with E-state index in [0.717, 1.165) is 31.6 Å². The largest absolute Gasteiger partial charge is 0.462 e. The van der Waals surface area contributed by atoms with Crippen molar-refractivity contribution in [2.45, 2.75) is 13.3 Å². The van der Waals surface area contributed by atoms with Crippen molar-refractivity contribution >= 4 is 17.7 Å². The minimum Gasteiger partial charge on any atom is -0.462 e. The summed E-state index contributed by atoms with van der Waals surface area (Å²) in [4.78, 5) is 28.2. The van der Waals surface area contributed by atoms with E-state index < -0.39 is 0 Å². The van der Waals surface area contributed by atoms with Gasteiger partial charge < -0.3 is 15.0 Å². The summed E-state index contributed by atoms with van der Waals surface area (Å²) in [6.07, 6.45) is 0.860. The summed E-state index contributed by atoms with van der Waals surface area (Å²) in [6.45, 7) is 5.87. The average Bonchev–Trinajstić information content (AvgIpc) is 2.74. The van der Waals surface area contributed by atoms with Crippen LogP contribution in [0.4, 0.5) is 14.9 Å². The van der Waals surface area contributed by atoms with Gasteiger partial charge in [-0.25, -0.2) is 14.0 Å². The molecular weight excluding hydrogens is 373 g/mol. The highest BCUT2D eigenvalue weighted by atomic mass is 19.1. The zero-order valence-corrected chi connectivity index (χ0v) is 16.6. The Morgan fingerprint density at radius 2 is 1.66 bits per heavy atom. The van der Waals surface area contributed by atoms with Crippen LogP contribution in [0.1, 0.15) is 22.8 Å². The predicted octanol–water partition coefficient (Wildman–Crippen LogP) is 3.39. The van der Waals surface area contributed by atoms with Crippen LogP contribution < -0.4 is 5.32 Å². The van der Waals surface area contributed by atoms with E-state index in [1.807, 2.05) is 12.1 Å². The molecular formula is C22H26FN3O3. The second kappa shape index (κ2) is 10.0. The number of halogens is 1. The third-order valence-corrected chi connectivity index (χ3v) is 4.94. The molecule has 1 fully saturated rings. The molecule has 2 aromatic carbocycles. The summed E-state index contributed by atoms with van der Waals surface area (Å²) < 4.78 is 17.9. The van der Waals surface area contributed by atoms with Gasteiger partial charge in [0.2, 0.25) is 0 Å². The molecule has 0 aromatic heterocycles. The minimum absolute atomic E-state index is 0.146. The van der Waals surface area contributed by atoms with Crippen molar-refractivity contribution in [3.8, 4) is 0 Å². The number of carbonyl (C=O) groups excluding carboxylic acids is 2. The number of nitrogens with one attached hydrogen (secondary N) is 1. The van der Waals surface area contributed by atoms with Crippen molar-refractivity contribution in [2.24, 2.45) is 0 Å². The van der Waals surface area contributed by atoms with Crippen LogP contribution in [-0.4, -0.2) is 61.1 Å². The number of ether oxygens (including phenoxy) is 1. The SMILES string of the molecule is CCOC(=O)c1ccc(NC(=O)N2CCN(CCc3ccc(F)cc3)CC2)cc1. The number of amides is 2. The van der Waals surface area contributed by atoms with Crippen LogP contribution in [0.5, 0.6) is 0 Å². The molecule has 1 aliphatic rings. The van der Waals surface area contributed by atoms with Gasteiger partial charge in [0.25, 0.3) is 0 Å². The molecule has 0 unspecified atom stereocenters. The normalized spacial score (nSPS) is 14.5. The van der Waals surface area contributed by atoms with Gasteiger partial charge in [-0.05, 0) is 55.3 Å². The standard InChI is InChI=1S/C22H26FN3O3/c1-2-29-21(27)18-5-9-20(10-6-18)24-22(28)26-15-13-25(14-16-26)12-11-17-3-7-19(23)8-4-17/h3-10H,2,11-16H2,1H3,(H,24,28). The maximum Gasteiger partial charge on any atom is 0.338 e. The van der Waals surface area contributed by atoms with E-state index in [-0.39, 0.29) is 17.8 Å². The highest BCUT2D eigenvalue weighted by molar-refractivity contribution is 5.92. The Kier molecular flexibility index (Phi) is 7.19. The van der Waals surface area contributed by atoms with Gasteiger partial charge in [-0.3, -0.25) is 4.90 Å². The summed E-state index contributed by atoms with van der Waals surface area (Å²) in [7, 11) is 0. The van der Waals surface area contributed by atoms with Crippen molar-refractivity contribution < 1.29 is 18.7 Å². The number of hydrogen-bond donors (Lipinski definition) is 1. The van der Waals surface area contributed by atoms with Gasteiger partial charge in [0.1, 0.15) is 5.82 Å². The Hall–Kier alpha value is -2.93. The summed E-state index contributed by atoms with van der Waals surface area (Å²) in [5.74, 6) is -0.592. The first kappa shape index (κ1) is 20.8. The zero-order chi connectivity index (χ0) is 20.6. The van der Waals surface area contributed by atoms with Crippen LogP contribution in [0.25, 0.3) is 0 Å². The molecule has 0 bridgehead atoms. The quantitative estimate of drug-likeness (QED) is 0.757. The van der Waals surface area contributed by atoms with Crippen LogP contribution in [-0.2, 0) is 11.2 Å². The lowest BCUT2D eigenvalue weighted by molar-refractivity contribution is 0.0526. The van der Waals surface area contributed by atoms with Crippen LogP contribution in [0, 0.1) is 5.82 Å². The Morgan fingerprint density at radius 1 is 1.00 bits per heavy atom. The van der Waals surface area contributed by atoms with Crippen LogP contribution in [0.15, 0.2) is 48.5 Å². The fraction of sp³-hybridized carbons (Fsp3) is 0.364. The van der Waals surface area contributed by atoms with E-state index in [9.17, 15) is 14.0 Å². The first-order valence-electron chi connectivity index (χ1n) is 9.85. The lowest BCUT2D eigenvalue weighted by Gasteiger charge is -2.34. The Morgan fingerprint density at radius 3 is 2.28 bits per heavy atom. The average molecular weight is 399 g/mol. The molecule has 1 saturated heterocycles. The second-order valence-corrected chi connectivity index (χ2v) is 6.93. The second-order valence-electron chi connectivity index (χ2n) is 6.93. The van der Waals surface area contributed by atoms with E-state index >= 15 is 0 Å². The minimum atomic E-state index is -0.373. The molecule has 0 atom stereocenters. The van der Waals surface area contributed by atoms with Gasteiger partial charge in [0.05, 0.1) is 12.2 Å². The molecule has 154 valence electrons. The highest BCUT2D eigenvalue weighted by Crippen LogP contribution is 2.13. The molecule has 1 aliphatic heterocycles. The van der Waals surface area contributed by atoms with Gasteiger partial charge in [-0.1, -0.05) is 12.1 Å². The molecule has 3 rings (SSSR count). The van der Waals surface area contributed by atoms with Gasteiger partial charge in [-0.2, -0.15) is 0 Å². The maximum atomic E-state index is 13.0. The third-order valence-electron chi connectivity index (χ3n) is 4.94. The number of nitrogens with zero attached hydrogens (tertiary/aromatic N) is 2. The van der Waals surface area contributed by atoms with E-state index in [1.54, 1.807) is 36.1 Å². The van der Waals surface area contributed by atoms with E-state index in [4.69, 9.17) is 4.74 Å². The van der Waals surface area contributed by atoms with Gasteiger partial charge in [-0.15, -0.1) is 0 Å². The van der Waals surface area contributed by atoms with Crippen LogP contribution in [0.3, 0.4) is 0 Å². The van der Waals surface area contributed by atoms with Crippen LogP contribution in [0.2, 0.25) is 0 Å². The fourth-order valence-corrected chi connectivity index (χ4v) is 3.22. The summed E-state index contributed by atoms with van der Waals surface area (Å²) >= 11 is 0. The van der Waals surface area contributed by atoms with Gasteiger partial charge >= 0.3 is 12.0 Å². The Balaban J connectivity index is 1.42. The van der Waals surface area contributed by atoms with Crippen LogP contribution >= 0.6 is 0 Å². The first-order chi connectivity index (χ1) is 14.0. The predicted molar refractivity (Wildman–Crippen MR) is 110 cm³/mol. The van der Waals surface area contributed by atoms with E-state index in [1.165, 1.54) is 12.1 Å². The van der Waals surface area contributed by atoms with Crippen molar-refractivity contribution in [1.29, 1.82) is 0 Å². The lowest BCUT2D eigenvalue weighted by atomic mass is 10.1. The lowest BCUT2D eigenvalue weighted by Crippen LogP contribution is -2.50. The molecule has 2 aromatic rings. The molecule has 0 aliphatic carbocycles. The molecule has 2 amide bonds. The highest BCUT2D eigenvalue weighted by Gasteiger charge is 2.21. The number of benzene rings is 2. The van der Waals surface area contributed by atoms with E-state index in [2.05, 4.69) is 10.2 Å². The van der Waals surface area contributed by atoms with Crippen molar-refractivity contribution in [2.75, 3.05) is 44.6 Å². The smallest absolute Gasteiger partial charge is 0.338 e. The number of anilines is 1. The number of hydrogen-bond acceptors (Lipinski definition) is 4. The van der Waals surface area contributed by atoms with Crippen molar-refractivity contribution in [3.05, 3.63) is 65.5 Å². The molecule has 6 nitrogen and oxygen atoms in total. The molecule has 29 heavy (non-hydrogen) atoms. The molecule has 0 radical (unpaired) electrons. The third kappa shape index (κ3) is 6.02. The summed E-state index contributed by atoms with van der Waals surface area (Å²) in [5.41, 5.74) is 2.21. The summed E-state index contributed by atoms with van der Waals surface area (Å²) in [6, 6.07) is 13.1. The molecule has 0 saturated carbocycles. The number of piperazine rings is 1. The summed E-state index contributed by atoms with van der Waals surface area (Å²) in [5, 5.41) is 2.87. The molecule has 1 N–H and O–H groups in total. The maximum absolute atomic E-state index is 13.0. The molecule has 1 heterocycles. The first-order valence-corrected chi connectivity index (χ1v) is 9.85. The number of urea groups is 1. The monoisotopic (exact) mass is 399 g/mol. The van der Waals surface area contributed by atoms with Gasteiger partial charge in [0.15, 0.2) is 0 Å². The number of rotatable bonds is 6. The fourth-order valence-electron chi connectivity index (χ4n) is 3.22. The number of esters is 1. The van der Waals surface area contributed by atoms with E-state index in [0.29, 0.717) is 30.9 Å². The topological polar surface area (TPSA) is 61.9 Å². The number of carbonyl (C=O) groups is 2.